The molecule has 1 amide bonds. The summed E-state index contributed by atoms with van der Waals surface area (Å²) in [6, 6.07) is 5.62. The molecule has 0 spiro atoms. The van der Waals surface area contributed by atoms with Crippen molar-refractivity contribution >= 4 is 33.5 Å². The van der Waals surface area contributed by atoms with Gasteiger partial charge >= 0.3 is 5.97 Å². The maximum absolute atomic E-state index is 12.3. The Kier molecular flexibility index (Phi) is 4.60. The number of carboxylic acid groups (broad SMARTS) is 1. The molecule has 1 aliphatic carbocycles. The Hall–Kier alpha value is -1.62. The molecule has 0 aromatic heterocycles. The summed E-state index contributed by atoms with van der Waals surface area (Å²) in [7, 11) is 0. The minimum absolute atomic E-state index is 0.244. The van der Waals surface area contributed by atoms with E-state index in [-0.39, 0.29) is 5.91 Å². The van der Waals surface area contributed by atoms with E-state index in [9.17, 15) is 14.7 Å². The van der Waals surface area contributed by atoms with E-state index in [4.69, 9.17) is 0 Å². The molecular formula is C15H16BrNO3. The minimum Gasteiger partial charge on any atom is -0.481 e. The van der Waals surface area contributed by atoms with Crippen LogP contribution in [0.25, 0.3) is 0 Å². The number of allylic oxidation sites excluding steroid dienone is 2. The third-order valence-electron chi connectivity index (χ3n) is 3.47. The second-order valence-corrected chi connectivity index (χ2v) is 5.82. The number of halogens is 1. The fraction of sp³-hybridized carbons (Fsp3) is 0.333. The van der Waals surface area contributed by atoms with E-state index in [1.54, 1.807) is 0 Å². The quantitative estimate of drug-likeness (QED) is 0.831. The number of carboxylic acids is 1. The van der Waals surface area contributed by atoms with Crippen LogP contribution in [0, 0.1) is 18.8 Å². The van der Waals surface area contributed by atoms with Gasteiger partial charge in [0, 0.05) is 4.47 Å². The third kappa shape index (κ3) is 3.28. The van der Waals surface area contributed by atoms with Crippen molar-refractivity contribution in [2.75, 3.05) is 5.32 Å². The number of anilines is 1. The Morgan fingerprint density at radius 2 is 1.90 bits per heavy atom. The Morgan fingerprint density at radius 1 is 1.25 bits per heavy atom. The normalized spacial score (nSPS) is 21.5. The number of hydrogen-bond acceptors (Lipinski definition) is 2. The first kappa shape index (κ1) is 14.8. The Labute approximate surface area is 126 Å². The molecule has 20 heavy (non-hydrogen) atoms. The zero-order chi connectivity index (χ0) is 14.7. The average molecular weight is 338 g/mol. The molecule has 0 aliphatic heterocycles. The maximum Gasteiger partial charge on any atom is 0.307 e. The molecule has 0 heterocycles. The summed E-state index contributed by atoms with van der Waals surface area (Å²) in [4.78, 5) is 23.5. The van der Waals surface area contributed by atoms with Gasteiger partial charge in [0.25, 0.3) is 0 Å². The largest absolute Gasteiger partial charge is 0.481 e. The second kappa shape index (κ2) is 6.22. The van der Waals surface area contributed by atoms with Crippen LogP contribution in [0.15, 0.2) is 34.8 Å². The predicted octanol–water partition coefficient (Wildman–Crippen LogP) is 3.36. The molecule has 0 saturated carbocycles. The number of hydrogen-bond donors (Lipinski definition) is 2. The van der Waals surface area contributed by atoms with Crippen molar-refractivity contribution in [3.63, 3.8) is 0 Å². The minimum atomic E-state index is -0.919. The number of carbonyl (C=O) groups excluding carboxylic acids is 1. The van der Waals surface area contributed by atoms with Gasteiger partial charge in [-0.3, -0.25) is 9.59 Å². The van der Waals surface area contributed by atoms with Gasteiger partial charge < -0.3 is 10.4 Å². The van der Waals surface area contributed by atoms with Gasteiger partial charge in [-0.25, -0.2) is 0 Å². The van der Waals surface area contributed by atoms with Crippen molar-refractivity contribution < 1.29 is 14.7 Å². The lowest BCUT2D eigenvalue weighted by atomic mass is 9.82. The molecule has 0 fully saturated rings. The average Bonchev–Trinajstić information content (AvgIpc) is 2.41. The summed E-state index contributed by atoms with van der Waals surface area (Å²) in [6.45, 7) is 1.96. The summed E-state index contributed by atoms with van der Waals surface area (Å²) in [5, 5.41) is 12.0. The van der Waals surface area contributed by atoms with Crippen molar-refractivity contribution in [2.45, 2.75) is 19.8 Å². The van der Waals surface area contributed by atoms with Gasteiger partial charge in [0.1, 0.15) is 0 Å². The standard InChI is InChI=1S/C15H16BrNO3/c1-9-6-7-13(12(16)8-9)17-14(18)10-4-2-3-5-11(10)15(19)20/h2-3,6-8,10-11H,4-5H2,1H3,(H,17,18)(H,19,20)/t10-,11-/m1/s1. The molecule has 106 valence electrons. The van der Waals surface area contributed by atoms with Gasteiger partial charge in [-0.15, -0.1) is 0 Å². The third-order valence-corrected chi connectivity index (χ3v) is 4.12. The van der Waals surface area contributed by atoms with Gasteiger partial charge in [-0.05, 0) is 53.4 Å². The Bertz CT molecular complexity index is 568. The SMILES string of the molecule is Cc1ccc(NC(=O)[C@@H]2CC=CC[C@H]2C(=O)O)c(Br)c1. The molecule has 1 aromatic carbocycles. The van der Waals surface area contributed by atoms with Crippen LogP contribution < -0.4 is 5.32 Å². The maximum atomic E-state index is 12.3. The number of nitrogens with one attached hydrogen (secondary N) is 1. The predicted molar refractivity (Wildman–Crippen MR) is 80.5 cm³/mol. The zero-order valence-corrected chi connectivity index (χ0v) is 12.7. The molecular weight excluding hydrogens is 322 g/mol. The summed E-state index contributed by atoms with van der Waals surface area (Å²) in [6.07, 6.45) is 4.56. The fourth-order valence-corrected chi connectivity index (χ4v) is 2.92. The van der Waals surface area contributed by atoms with Crippen molar-refractivity contribution in [1.82, 2.24) is 0 Å². The van der Waals surface area contributed by atoms with Crippen LogP contribution in [0.4, 0.5) is 5.69 Å². The van der Waals surface area contributed by atoms with Crippen LogP contribution in [0.3, 0.4) is 0 Å². The van der Waals surface area contributed by atoms with E-state index in [0.29, 0.717) is 18.5 Å². The highest BCUT2D eigenvalue weighted by Crippen LogP contribution is 2.29. The molecule has 2 N–H and O–H groups in total. The molecule has 0 radical (unpaired) electrons. The van der Waals surface area contributed by atoms with E-state index in [2.05, 4.69) is 21.2 Å². The van der Waals surface area contributed by atoms with Crippen molar-refractivity contribution in [2.24, 2.45) is 11.8 Å². The highest BCUT2D eigenvalue weighted by atomic mass is 79.9. The van der Waals surface area contributed by atoms with Crippen LogP contribution in [-0.2, 0) is 9.59 Å². The molecule has 4 nitrogen and oxygen atoms in total. The molecule has 5 heteroatoms. The second-order valence-electron chi connectivity index (χ2n) is 4.97. The van der Waals surface area contributed by atoms with Crippen molar-refractivity contribution in [3.05, 3.63) is 40.4 Å². The number of amides is 1. The molecule has 2 rings (SSSR count). The molecule has 1 aliphatic rings. The van der Waals surface area contributed by atoms with Gasteiger partial charge in [0.05, 0.1) is 17.5 Å². The number of rotatable bonds is 3. The molecule has 1 aromatic rings. The number of carbonyl (C=O) groups is 2. The summed E-state index contributed by atoms with van der Waals surface area (Å²) >= 11 is 3.40. The van der Waals surface area contributed by atoms with E-state index in [1.807, 2.05) is 37.3 Å². The van der Waals surface area contributed by atoms with Crippen molar-refractivity contribution in [3.8, 4) is 0 Å². The molecule has 0 unspecified atom stereocenters. The summed E-state index contributed by atoms with van der Waals surface area (Å²) in [5.74, 6) is -2.33. The highest BCUT2D eigenvalue weighted by Gasteiger charge is 2.34. The highest BCUT2D eigenvalue weighted by molar-refractivity contribution is 9.10. The first-order valence-electron chi connectivity index (χ1n) is 6.44. The monoisotopic (exact) mass is 337 g/mol. The van der Waals surface area contributed by atoms with E-state index < -0.39 is 17.8 Å². The summed E-state index contributed by atoms with van der Waals surface area (Å²) < 4.78 is 0.795. The molecule has 0 bridgehead atoms. The van der Waals surface area contributed by atoms with E-state index in [0.717, 1.165) is 10.0 Å². The fourth-order valence-electron chi connectivity index (χ4n) is 2.32. The first-order chi connectivity index (χ1) is 9.49. The summed E-state index contributed by atoms with van der Waals surface area (Å²) in [5.41, 5.74) is 1.75. The van der Waals surface area contributed by atoms with Crippen LogP contribution in [0.5, 0.6) is 0 Å². The van der Waals surface area contributed by atoms with E-state index in [1.165, 1.54) is 0 Å². The Morgan fingerprint density at radius 3 is 2.50 bits per heavy atom. The lowest BCUT2D eigenvalue weighted by molar-refractivity contribution is -0.146. The van der Waals surface area contributed by atoms with Gasteiger partial charge in [0.2, 0.25) is 5.91 Å². The van der Waals surface area contributed by atoms with Gasteiger partial charge in [-0.2, -0.15) is 0 Å². The lowest BCUT2D eigenvalue weighted by Crippen LogP contribution is -2.34. The van der Waals surface area contributed by atoms with Crippen LogP contribution >= 0.6 is 15.9 Å². The topological polar surface area (TPSA) is 66.4 Å². The van der Waals surface area contributed by atoms with Crippen molar-refractivity contribution in [1.29, 1.82) is 0 Å². The van der Waals surface area contributed by atoms with Crippen LogP contribution in [0.1, 0.15) is 18.4 Å². The smallest absolute Gasteiger partial charge is 0.307 e. The lowest BCUT2D eigenvalue weighted by Gasteiger charge is -2.24. The first-order valence-corrected chi connectivity index (χ1v) is 7.23. The number of aryl methyl sites for hydroxylation is 1. The van der Waals surface area contributed by atoms with Crippen LogP contribution in [-0.4, -0.2) is 17.0 Å². The van der Waals surface area contributed by atoms with E-state index >= 15 is 0 Å². The molecule has 0 saturated heterocycles. The number of benzene rings is 1. The molecule has 2 atom stereocenters. The Balaban J connectivity index is 2.14. The van der Waals surface area contributed by atoms with Crippen LogP contribution in [0.2, 0.25) is 0 Å². The number of aliphatic carboxylic acids is 1. The van der Waals surface area contributed by atoms with Gasteiger partial charge in [-0.1, -0.05) is 18.2 Å². The van der Waals surface area contributed by atoms with Gasteiger partial charge in [0.15, 0.2) is 0 Å². The zero-order valence-electron chi connectivity index (χ0n) is 11.1.